The standard InChI is InChI=1S/C14H8Cl2N2OS/c15-11-4-1-5-12(16)13(11)18-14(19)9(8-17)7-10-3-2-6-20-10/h1-7H,(H,18,19)/b9-7-. The van der Waals surface area contributed by atoms with Gasteiger partial charge in [-0.1, -0.05) is 35.3 Å². The molecule has 100 valence electrons. The van der Waals surface area contributed by atoms with Crippen LogP contribution < -0.4 is 5.32 Å². The number of hydrogen-bond donors (Lipinski definition) is 1. The molecular formula is C14H8Cl2N2OS. The van der Waals surface area contributed by atoms with Crippen LogP contribution in [0, 0.1) is 11.3 Å². The van der Waals surface area contributed by atoms with E-state index in [-0.39, 0.29) is 5.57 Å². The molecule has 1 aromatic heterocycles. The highest BCUT2D eigenvalue weighted by molar-refractivity contribution is 7.10. The molecule has 0 saturated carbocycles. The maximum Gasteiger partial charge on any atom is 0.266 e. The molecule has 0 fully saturated rings. The van der Waals surface area contributed by atoms with Gasteiger partial charge in [0.15, 0.2) is 0 Å². The lowest BCUT2D eigenvalue weighted by Gasteiger charge is -2.08. The monoisotopic (exact) mass is 322 g/mol. The zero-order chi connectivity index (χ0) is 14.5. The van der Waals surface area contributed by atoms with Gasteiger partial charge in [-0.2, -0.15) is 5.26 Å². The highest BCUT2D eigenvalue weighted by Gasteiger charge is 2.13. The number of rotatable bonds is 3. The number of benzene rings is 1. The van der Waals surface area contributed by atoms with Crippen LogP contribution in [-0.2, 0) is 4.79 Å². The second-order valence-corrected chi connectivity index (χ2v) is 5.53. The lowest BCUT2D eigenvalue weighted by Crippen LogP contribution is -2.14. The van der Waals surface area contributed by atoms with E-state index < -0.39 is 5.91 Å². The molecule has 2 aromatic rings. The number of amides is 1. The molecule has 2 rings (SSSR count). The van der Waals surface area contributed by atoms with Crippen LogP contribution in [0.2, 0.25) is 10.0 Å². The average Bonchev–Trinajstić information content (AvgIpc) is 2.93. The first-order chi connectivity index (χ1) is 9.61. The van der Waals surface area contributed by atoms with Gasteiger partial charge in [-0.05, 0) is 29.7 Å². The van der Waals surface area contributed by atoms with Gasteiger partial charge in [-0.25, -0.2) is 0 Å². The van der Waals surface area contributed by atoms with E-state index in [1.165, 1.54) is 17.4 Å². The molecule has 1 amide bonds. The molecule has 0 bridgehead atoms. The highest BCUT2D eigenvalue weighted by Crippen LogP contribution is 2.30. The number of nitrogens with zero attached hydrogens (tertiary/aromatic N) is 1. The Morgan fingerprint density at radius 2 is 1.95 bits per heavy atom. The number of hydrogen-bond acceptors (Lipinski definition) is 3. The number of carbonyl (C=O) groups excluding carboxylic acids is 1. The summed E-state index contributed by atoms with van der Waals surface area (Å²) in [6, 6.07) is 10.4. The summed E-state index contributed by atoms with van der Waals surface area (Å²) in [5.41, 5.74) is 0.289. The van der Waals surface area contributed by atoms with Crippen LogP contribution in [0.3, 0.4) is 0 Å². The summed E-state index contributed by atoms with van der Waals surface area (Å²) in [7, 11) is 0. The molecule has 0 saturated heterocycles. The van der Waals surface area contributed by atoms with Gasteiger partial charge in [0.1, 0.15) is 11.6 Å². The fourth-order valence-electron chi connectivity index (χ4n) is 1.46. The number of anilines is 1. The first-order valence-corrected chi connectivity index (χ1v) is 7.16. The minimum Gasteiger partial charge on any atom is -0.319 e. The molecule has 0 atom stereocenters. The van der Waals surface area contributed by atoms with E-state index in [1.54, 1.807) is 18.2 Å². The van der Waals surface area contributed by atoms with Crippen molar-refractivity contribution in [3.05, 3.63) is 56.2 Å². The van der Waals surface area contributed by atoms with Crippen LogP contribution in [-0.4, -0.2) is 5.91 Å². The summed E-state index contributed by atoms with van der Waals surface area (Å²) < 4.78 is 0. The Kier molecular flexibility index (Phi) is 4.80. The SMILES string of the molecule is N#C/C(=C/c1cccs1)C(=O)Nc1c(Cl)cccc1Cl. The average molecular weight is 323 g/mol. The Hall–Kier alpha value is -1.80. The highest BCUT2D eigenvalue weighted by atomic mass is 35.5. The zero-order valence-corrected chi connectivity index (χ0v) is 12.4. The van der Waals surface area contributed by atoms with Crippen molar-refractivity contribution in [1.82, 2.24) is 0 Å². The number of halogens is 2. The van der Waals surface area contributed by atoms with Crippen LogP contribution in [0.4, 0.5) is 5.69 Å². The van der Waals surface area contributed by atoms with Crippen LogP contribution in [0.15, 0.2) is 41.3 Å². The van der Waals surface area contributed by atoms with E-state index in [9.17, 15) is 4.79 Å². The Bertz CT molecular complexity index is 682. The zero-order valence-electron chi connectivity index (χ0n) is 10.1. The predicted octanol–water partition coefficient (Wildman–Crippen LogP) is 4.60. The van der Waals surface area contributed by atoms with E-state index in [4.69, 9.17) is 28.5 Å². The number of para-hydroxylation sites is 1. The molecule has 1 heterocycles. The molecule has 20 heavy (non-hydrogen) atoms. The fourth-order valence-corrected chi connectivity index (χ4v) is 2.61. The van der Waals surface area contributed by atoms with Crippen LogP contribution in [0.5, 0.6) is 0 Å². The Labute approximate surface area is 130 Å². The summed E-state index contributed by atoms with van der Waals surface area (Å²) in [5, 5.41) is 14.1. The molecular weight excluding hydrogens is 315 g/mol. The number of nitrogens with one attached hydrogen (secondary N) is 1. The molecule has 1 N–H and O–H groups in total. The molecule has 0 unspecified atom stereocenters. The first kappa shape index (κ1) is 14.6. The van der Waals surface area contributed by atoms with Crippen molar-refractivity contribution in [2.24, 2.45) is 0 Å². The predicted molar refractivity (Wildman–Crippen MR) is 83.0 cm³/mol. The first-order valence-electron chi connectivity index (χ1n) is 5.52. The smallest absolute Gasteiger partial charge is 0.266 e. The molecule has 3 nitrogen and oxygen atoms in total. The third-order valence-corrected chi connectivity index (χ3v) is 3.85. The second-order valence-electron chi connectivity index (χ2n) is 3.74. The van der Waals surface area contributed by atoms with Gasteiger partial charge in [0.25, 0.3) is 5.91 Å². The Balaban J connectivity index is 2.25. The molecule has 0 spiro atoms. The van der Waals surface area contributed by atoms with Gasteiger partial charge in [0, 0.05) is 4.88 Å². The van der Waals surface area contributed by atoms with Gasteiger partial charge < -0.3 is 5.32 Å². The van der Waals surface area contributed by atoms with Crippen molar-refractivity contribution in [2.45, 2.75) is 0 Å². The minimum atomic E-state index is -0.545. The summed E-state index contributed by atoms with van der Waals surface area (Å²) in [6.45, 7) is 0. The van der Waals surface area contributed by atoms with E-state index >= 15 is 0 Å². The second kappa shape index (κ2) is 6.58. The van der Waals surface area contributed by atoms with Crippen molar-refractivity contribution in [3.8, 4) is 6.07 Å². The van der Waals surface area contributed by atoms with Gasteiger partial charge in [0.05, 0.1) is 15.7 Å². The number of carbonyl (C=O) groups is 1. The van der Waals surface area contributed by atoms with Gasteiger partial charge >= 0.3 is 0 Å². The molecule has 0 aliphatic heterocycles. The van der Waals surface area contributed by atoms with Crippen molar-refractivity contribution >= 4 is 52.2 Å². The van der Waals surface area contributed by atoms with E-state index in [1.807, 2.05) is 23.6 Å². The van der Waals surface area contributed by atoms with Crippen molar-refractivity contribution in [1.29, 1.82) is 5.26 Å². The Morgan fingerprint density at radius 1 is 1.25 bits per heavy atom. The molecule has 0 aliphatic carbocycles. The number of thiophene rings is 1. The largest absolute Gasteiger partial charge is 0.319 e. The normalized spacial score (nSPS) is 10.9. The fraction of sp³-hybridized carbons (Fsp3) is 0. The maximum atomic E-state index is 12.1. The van der Waals surface area contributed by atoms with E-state index in [2.05, 4.69) is 5.32 Å². The third-order valence-electron chi connectivity index (χ3n) is 2.40. The topological polar surface area (TPSA) is 52.9 Å². The number of nitriles is 1. The molecule has 6 heteroatoms. The molecule has 1 aromatic carbocycles. The van der Waals surface area contributed by atoms with Gasteiger partial charge in [0.2, 0.25) is 0 Å². The van der Waals surface area contributed by atoms with Crippen LogP contribution in [0.1, 0.15) is 4.88 Å². The quantitative estimate of drug-likeness (QED) is 0.663. The summed E-state index contributed by atoms with van der Waals surface area (Å²) in [6.07, 6.45) is 1.52. The lowest BCUT2D eigenvalue weighted by atomic mass is 10.2. The van der Waals surface area contributed by atoms with E-state index in [0.717, 1.165) is 4.88 Å². The lowest BCUT2D eigenvalue weighted by molar-refractivity contribution is -0.112. The van der Waals surface area contributed by atoms with Crippen molar-refractivity contribution in [2.75, 3.05) is 5.32 Å². The van der Waals surface area contributed by atoms with Gasteiger partial charge in [-0.15, -0.1) is 11.3 Å². The van der Waals surface area contributed by atoms with Crippen molar-refractivity contribution < 1.29 is 4.79 Å². The molecule has 0 aliphatic rings. The maximum absolute atomic E-state index is 12.1. The van der Waals surface area contributed by atoms with E-state index in [0.29, 0.717) is 15.7 Å². The van der Waals surface area contributed by atoms with Crippen LogP contribution in [0.25, 0.3) is 6.08 Å². The summed E-state index contributed by atoms with van der Waals surface area (Å²) >= 11 is 13.4. The Morgan fingerprint density at radius 3 is 2.50 bits per heavy atom. The third kappa shape index (κ3) is 3.40. The summed E-state index contributed by atoms with van der Waals surface area (Å²) in [4.78, 5) is 12.9. The molecule has 0 radical (unpaired) electrons. The van der Waals surface area contributed by atoms with Gasteiger partial charge in [-0.3, -0.25) is 4.79 Å². The summed E-state index contributed by atoms with van der Waals surface area (Å²) in [5.74, 6) is -0.545. The van der Waals surface area contributed by atoms with Crippen molar-refractivity contribution in [3.63, 3.8) is 0 Å². The minimum absolute atomic E-state index is 0.0107. The van der Waals surface area contributed by atoms with Crippen LogP contribution >= 0.6 is 34.5 Å².